The Labute approximate surface area is 204 Å². The van der Waals surface area contributed by atoms with E-state index in [0.717, 1.165) is 0 Å². The fourth-order valence-corrected chi connectivity index (χ4v) is 5.40. The van der Waals surface area contributed by atoms with Gasteiger partial charge in [0.25, 0.3) is 5.91 Å². The summed E-state index contributed by atoms with van der Waals surface area (Å²) in [4.78, 5) is 28.9. The van der Waals surface area contributed by atoms with E-state index < -0.39 is 33.0 Å². The van der Waals surface area contributed by atoms with Crippen LogP contribution in [0.25, 0.3) is 11.1 Å². The van der Waals surface area contributed by atoms with Crippen LogP contribution in [0.2, 0.25) is 0 Å². The minimum Gasteiger partial charge on any atom is -0.342 e. The number of nitrogens with zero attached hydrogens (tertiary/aromatic N) is 1. The van der Waals surface area contributed by atoms with Crippen LogP contribution in [0.4, 0.5) is 8.78 Å². The number of nitrogens with one attached hydrogen (secondary N) is 2. The van der Waals surface area contributed by atoms with Gasteiger partial charge in [0.2, 0.25) is 15.9 Å². The molecule has 0 saturated carbocycles. The third-order valence-electron chi connectivity index (χ3n) is 5.88. The number of hydrazine groups is 1. The maximum absolute atomic E-state index is 14.7. The van der Waals surface area contributed by atoms with Crippen LogP contribution in [0.3, 0.4) is 0 Å². The maximum Gasteiger partial charge on any atom is 0.269 e. The number of aryl methyl sites for hydroxylation is 1. The number of likely N-dealkylation sites (tertiary alicyclic amines) is 1. The number of carbonyl (C=O) groups excluding carboxylic acids is 2. The predicted octanol–water partition coefficient (Wildman–Crippen LogP) is 3.79. The lowest BCUT2D eigenvalue weighted by atomic mass is 9.92. The van der Waals surface area contributed by atoms with Gasteiger partial charge in [0.1, 0.15) is 11.6 Å². The highest BCUT2D eigenvalue weighted by Crippen LogP contribution is 2.26. The summed E-state index contributed by atoms with van der Waals surface area (Å²) < 4.78 is 53.5. The smallest absolute Gasteiger partial charge is 0.269 e. The highest BCUT2D eigenvalue weighted by Gasteiger charge is 2.32. The van der Waals surface area contributed by atoms with Crippen LogP contribution < -0.4 is 10.3 Å². The fraction of sp³-hybridized carbons (Fsp3) is 0.440. The monoisotopic (exact) mass is 507 g/mol. The predicted molar refractivity (Wildman–Crippen MR) is 130 cm³/mol. The molecule has 1 fully saturated rings. The molecule has 35 heavy (non-hydrogen) atoms. The van der Waals surface area contributed by atoms with Crippen LogP contribution in [0.1, 0.15) is 49.5 Å². The van der Waals surface area contributed by atoms with E-state index in [-0.39, 0.29) is 28.7 Å². The van der Waals surface area contributed by atoms with Gasteiger partial charge in [0.05, 0.1) is 11.3 Å². The third-order valence-corrected chi connectivity index (χ3v) is 7.20. The molecule has 1 aliphatic heterocycles. The molecule has 0 bridgehead atoms. The van der Waals surface area contributed by atoms with Crippen molar-refractivity contribution in [2.45, 2.75) is 40.5 Å². The summed E-state index contributed by atoms with van der Waals surface area (Å²) in [7, 11) is -3.95. The minimum absolute atomic E-state index is 0.0371. The summed E-state index contributed by atoms with van der Waals surface area (Å²) in [5.74, 6) is -2.86. The highest BCUT2D eigenvalue weighted by molar-refractivity contribution is 7.89. The first-order valence-corrected chi connectivity index (χ1v) is 13.1. The molecule has 1 heterocycles. The number of piperidine rings is 1. The lowest BCUT2D eigenvalue weighted by Crippen LogP contribution is -2.49. The quantitative estimate of drug-likeness (QED) is 0.582. The van der Waals surface area contributed by atoms with Crippen LogP contribution in [0.15, 0.2) is 36.4 Å². The van der Waals surface area contributed by atoms with Crippen molar-refractivity contribution in [2.75, 3.05) is 18.8 Å². The molecule has 1 aliphatic rings. The van der Waals surface area contributed by atoms with Crippen molar-refractivity contribution in [2.24, 2.45) is 11.3 Å². The molecule has 2 aromatic carbocycles. The molecule has 2 amide bonds. The average Bonchev–Trinajstić information content (AvgIpc) is 2.78. The molecule has 10 heteroatoms. The number of amides is 2. The van der Waals surface area contributed by atoms with Crippen LogP contribution >= 0.6 is 0 Å². The molecule has 2 N–H and O–H groups in total. The first kappa shape index (κ1) is 26.7. The number of sulfonamides is 1. The molecule has 3 rings (SSSR count). The van der Waals surface area contributed by atoms with Crippen molar-refractivity contribution in [1.29, 1.82) is 0 Å². The third kappa shape index (κ3) is 6.85. The van der Waals surface area contributed by atoms with E-state index in [1.807, 2.05) is 25.6 Å². The van der Waals surface area contributed by atoms with Crippen molar-refractivity contribution in [3.05, 3.63) is 59.2 Å². The van der Waals surface area contributed by atoms with Crippen molar-refractivity contribution in [3.8, 4) is 11.1 Å². The molecule has 0 radical (unpaired) electrons. The minimum atomic E-state index is -3.95. The van der Waals surface area contributed by atoms with Gasteiger partial charge in [0, 0.05) is 18.5 Å². The van der Waals surface area contributed by atoms with Crippen LogP contribution in [0.5, 0.6) is 0 Å². The highest BCUT2D eigenvalue weighted by atomic mass is 32.2. The maximum atomic E-state index is 14.7. The first-order valence-electron chi connectivity index (χ1n) is 11.4. The van der Waals surface area contributed by atoms with E-state index in [1.54, 1.807) is 11.0 Å². The zero-order valence-corrected chi connectivity index (χ0v) is 21.1. The Bertz CT molecular complexity index is 1230. The van der Waals surface area contributed by atoms with E-state index in [2.05, 4.69) is 5.43 Å². The molecule has 190 valence electrons. The second kappa shape index (κ2) is 10.4. The number of carbonyl (C=O) groups is 2. The summed E-state index contributed by atoms with van der Waals surface area (Å²) in [5, 5.41) is 0. The molecule has 1 unspecified atom stereocenters. The fourth-order valence-electron chi connectivity index (χ4n) is 4.17. The molecule has 0 spiro atoms. The standard InChI is InChI=1S/C25H31F2N3O4S/c1-16-11-19(18-8-5-9-20(26)12-18)13-21(22(16)27)23(31)28-29-35(33,34)15-17-7-6-10-30(14-17)24(32)25(2,3)4/h5,8-9,11-13,17,29H,6-7,10,14-15H2,1-4H3,(H,28,31). The van der Waals surface area contributed by atoms with E-state index in [1.165, 1.54) is 37.3 Å². The topological polar surface area (TPSA) is 95.6 Å². The van der Waals surface area contributed by atoms with Gasteiger partial charge in [-0.15, -0.1) is 4.83 Å². The summed E-state index contributed by atoms with van der Waals surface area (Å²) >= 11 is 0. The second-order valence-electron chi connectivity index (χ2n) is 10.0. The van der Waals surface area contributed by atoms with E-state index in [4.69, 9.17) is 0 Å². The van der Waals surface area contributed by atoms with Crippen molar-refractivity contribution in [3.63, 3.8) is 0 Å². The summed E-state index contributed by atoms with van der Waals surface area (Å²) in [6, 6.07) is 8.38. The lowest BCUT2D eigenvalue weighted by Gasteiger charge is -2.36. The van der Waals surface area contributed by atoms with E-state index in [0.29, 0.717) is 37.1 Å². The molecular formula is C25H31F2N3O4S. The average molecular weight is 508 g/mol. The Morgan fingerprint density at radius 1 is 1.11 bits per heavy atom. The van der Waals surface area contributed by atoms with Gasteiger partial charge in [-0.2, -0.15) is 0 Å². The van der Waals surface area contributed by atoms with E-state index in [9.17, 15) is 26.8 Å². The molecule has 0 aromatic heterocycles. The number of rotatable bonds is 6. The van der Waals surface area contributed by atoms with Gasteiger partial charge in [-0.25, -0.2) is 17.2 Å². The summed E-state index contributed by atoms with van der Waals surface area (Å²) in [6.07, 6.45) is 1.32. The van der Waals surface area contributed by atoms with Gasteiger partial charge < -0.3 is 4.90 Å². The van der Waals surface area contributed by atoms with Gasteiger partial charge in [-0.3, -0.25) is 15.0 Å². The largest absolute Gasteiger partial charge is 0.342 e. The number of hydrogen-bond acceptors (Lipinski definition) is 4. The SMILES string of the molecule is Cc1cc(-c2cccc(F)c2)cc(C(=O)NNS(=O)(=O)CC2CCCN(C(=O)C(C)(C)C)C2)c1F. The molecule has 0 aliphatic carbocycles. The van der Waals surface area contributed by atoms with Gasteiger partial charge in [-0.05, 0) is 66.6 Å². The van der Waals surface area contributed by atoms with Crippen LogP contribution in [0, 0.1) is 29.9 Å². The molecule has 7 nitrogen and oxygen atoms in total. The second-order valence-corrected chi connectivity index (χ2v) is 11.8. The summed E-state index contributed by atoms with van der Waals surface area (Å²) in [5.41, 5.74) is 2.17. The van der Waals surface area contributed by atoms with Gasteiger partial charge in [-0.1, -0.05) is 32.9 Å². The van der Waals surface area contributed by atoms with Crippen molar-refractivity contribution >= 4 is 21.8 Å². The first-order chi connectivity index (χ1) is 16.3. The van der Waals surface area contributed by atoms with Crippen molar-refractivity contribution in [1.82, 2.24) is 15.2 Å². The zero-order valence-electron chi connectivity index (χ0n) is 20.3. The van der Waals surface area contributed by atoms with Gasteiger partial charge in [0.15, 0.2) is 0 Å². The number of benzene rings is 2. The number of hydrogen-bond donors (Lipinski definition) is 2. The van der Waals surface area contributed by atoms with E-state index >= 15 is 0 Å². The van der Waals surface area contributed by atoms with Gasteiger partial charge >= 0.3 is 0 Å². The molecule has 1 atom stereocenters. The molecule has 1 saturated heterocycles. The summed E-state index contributed by atoms with van der Waals surface area (Å²) in [6.45, 7) is 7.81. The molecular weight excluding hydrogens is 476 g/mol. The zero-order chi connectivity index (χ0) is 26.0. The molecule has 2 aromatic rings. The Morgan fingerprint density at radius 3 is 2.49 bits per heavy atom. The Balaban J connectivity index is 1.68. The Kier molecular flexibility index (Phi) is 7.96. The Hall–Kier alpha value is -2.85. The Morgan fingerprint density at radius 2 is 1.83 bits per heavy atom. The van der Waals surface area contributed by atoms with Crippen LogP contribution in [-0.2, 0) is 14.8 Å². The van der Waals surface area contributed by atoms with Crippen LogP contribution in [-0.4, -0.2) is 44.0 Å². The number of halogens is 2. The normalized spacial score (nSPS) is 16.7. The van der Waals surface area contributed by atoms with Crippen molar-refractivity contribution < 1.29 is 26.8 Å². The lowest BCUT2D eigenvalue weighted by molar-refractivity contribution is -0.141.